The lowest BCUT2D eigenvalue weighted by atomic mass is 9.48. The smallest absolute Gasteiger partial charge is 0.330 e. The fourth-order valence-electron chi connectivity index (χ4n) is 7.62. The molecule has 4 bridgehead atoms. The summed E-state index contributed by atoms with van der Waals surface area (Å²) >= 11 is 6.49. The molecule has 0 atom stereocenters. The van der Waals surface area contributed by atoms with Crippen molar-refractivity contribution in [1.29, 1.82) is 0 Å². The topological polar surface area (TPSA) is 35.5 Å². The average molecular weight is 527 g/mol. The second-order valence-electron chi connectivity index (χ2n) is 11.5. The zero-order valence-electron chi connectivity index (χ0n) is 22.0. The summed E-state index contributed by atoms with van der Waals surface area (Å²) in [5, 5.41) is 0.610. The van der Waals surface area contributed by atoms with Gasteiger partial charge < -0.3 is 9.47 Å². The van der Waals surface area contributed by atoms with Gasteiger partial charge in [-0.05, 0) is 121 Å². The summed E-state index contributed by atoms with van der Waals surface area (Å²) in [4.78, 5) is 11.9. The van der Waals surface area contributed by atoms with Crippen LogP contribution in [0.15, 0.2) is 72.8 Å². The highest BCUT2D eigenvalue weighted by atomic mass is 35.5. The maximum atomic E-state index is 11.9. The van der Waals surface area contributed by atoms with E-state index in [0.29, 0.717) is 18.2 Å². The molecule has 4 saturated carbocycles. The number of hydrogen-bond acceptors (Lipinski definition) is 3. The fraction of sp³-hybridized carbons (Fsp3) is 0.382. The summed E-state index contributed by atoms with van der Waals surface area (Å²) < 4.78 is 11.6. The van der Waals surface area contributed by atoms with Gasteiger partial charge >= 0.3 is 5.97 Å². The Kier molecular flexibility index (Phi) is 7.05. The van der Waals surface area contributed by atoms with Gasteiger partial charge in [0.25, 0.3) is 0 Å². The molecule has 0 N–H and O–H groups in total. The van der Waals surface area contributed by atoms with Crippen LogP contribution in [0.25, 0.3) is 17.2 Å². The molecule has 0 unspecified atom stereocenters. The molecule has 0 heterocycles. The SMILES string of the molecule is CCOC(=O)/C=C/c1cc(-c2ccc(OCc3ccccc3)c(C34CC5CC(CC(C5)C3)C4)c2)ccc1Cl. The molecule has 0 spiro atoms. The van der Waals surface area contributed by atoms with Crippen LogP contribution in [0.4, 0.5) is 0 Å². The number of carbonyl (C=O) groups excluding carboxylic acids is 1. The Bertz CT molecular complexity index is 1310. The highest BCUT2D eigenvalue weighted by Gasteiger charge is 2.52. The number of carbonyl (C=O) groups is 1. The fourth-order valence-corrected chi connectivity index (χ4v) is 7.81. The molecule has 196 valence electrons. The van der Waals surface area contributed by atoms with Gasteiger partial charge in [0.1, 0.15) is 12.4 Å². The minimum Gasteiger partial charge on any atom is -0.489 e. The van der Waals surface area contributed by atoms with E-state index in [1.54, 1.807) is 13.0 Å². The predicted molar refractivity (Wildman–Crippen MR) is 153 cm³/mol. The first-order valence-electron chi connectivity index (χ1n) is 14.0. The summed E-state index contributed by atoms with van der Waals surface area (Å²) in [5.74, 6) is 3.21. The second kappa shape index (κ2) is 10.6. The van der Waals surface area contributed by atoms with E-state index in [1.807, 2.05) is 12.1 Å². The zero-order chi connectivity index (χ0) is 26.1. The van der Waals surface area contributed by atoms with E-state index in [-0.39, 0.29) is 11.4 Å². The number of rotatable bonds is 8. The molecule has 0 saturated heterocycles. The van der Waals surface area contributed by atoms with Crippen molar-refractivity contribution >= 4 is 23.6 Å². The van der Waals surface area contributed by atoms with Crippen LogP contribution < -0.4 is 4.74 Å². The summed E-state index contributed by atoms with van der Waals surface area (Å²) in [7, 11) is 0. The monoisotopic (exact) mass is 526 g/mol. The maximum Gasteiger partial charge on any atom is 0.330 e. The van der Waals surface area contributed by atoms with Crippen molar-refractivity contribution < 1.29 is 14.3 Å². The molecular formula is C34H35ClO3. The van der Waals surface area contributed by atoms with Gasteiger partial charge in [-0.15, -0.1) is 0 Å². The third kappa shape index (κ3) is 5.14. The molecule has 0 aromatic heterocycles. The van der Waals surface area contributed by atoms with Crippen LogP contribution in [0, 0.1) is 17.8 Å². The first-order valence-corrected chi connectivity index (χ1v) is 14.3. The molecule has 0 radical (unpaired) electrons. The zero-order valence-corrected chi connectivity index (χ0v) is 22.8. The van der Waals surface area contributed by atoms with Gasteiger partial charge in [-0.25, -0.2) is 4.79 Å². The molecule has 3 aromatic rings. The number of benzene rings is 3. The van der Waals surface area contributed by atoms with E-state index in [9.17, 15) is 4.79 Å². The Morgan fingerprint density at radius 2 is 1.58 bits per heavy atom. The third-order valence-corrected chi connectivity index (χ3v) is 9.19. The standard InChI is InChI=1S/C34H35ClO3/c1-2-37-33(36)13-10-29-17-27(8-11-31(29)35)28-9-12-32(38-22-23-6-4-3-5-7-23)30(18-28)34-19-24-14-25(20-34)16-26(15-24)21-34/h3-13,17-18,24-26H,2,14-16,19-22H2,1H3/b13-10+. The van der Waals surface area contributed by atoms with Crippen LogP contribution in [-0.2, 0) is 21.6 Å². The molecule has 3 nitrogen and oxygen atoms in total. The first kappa shape index (κ1) is 25.2. The summed E-state index contributed by atoms with van der Waals surface area (Å²) in [6, 6.07) is 23.2. The molecule has 7 rings (SSSR count). The minimum absolute atomic E-state index is 0.204. The molecule has 0 aliphatic heterocycles. The average Bonchev–Trinajstić information content (AvgIpc) is 2.91. The van der Waals surface area contributed by atoms with E-state index in [4.69, 9.17) is 21.1 Å². The van der Waals surface area contributed by atoms with Gasteiger partial charge in [0.05, 0.1) is 6.61 Å². The van der Waals surface area contributed by atoms with E-state index in [1.165, 1.54) is 55.7 Å². The maximum absolute atomic E-state index is 11.9. The van der Waals surface area contributed by atoms with E-state index in [0.717, 1.165) is 40.2 Å². The molecular weight excluding hydrogens is 492 g/mol. The lowest BCUT2D eigenvalue weighted by molar-refractivity contribution is -0.137. The van der Waals surface area contributed by atoms with Crippen molar-refractivity contribution in [2.24, 2.45) is 17.8 Å². The van der Waals surface area contributed by atoms with Gasteiger partial charge in [-0.1, -0.05) is 54.1 Å². The molecule has 4 fully saturated rings. The van der Waals surface area contributed by atoms with Crippen molar-refractivity contribution in [2.75, 3.05) is 6.61 Å². The lowest BCUT2D eigenvalue weighted by Gasteiger charge is -2.57. The van der Waals surface area contributed by atoms with Crippen molar-refractivity contribution in [2.45, 2.75) is 57.5 Å². The largest absolute Gasteiger partial charge is 0.489 e. The molecule has 4 aliphatic carbocycles. The van der Waals surface area contributed by atoms with Crippen LogP contribution >= 0.6 is 11.6 Å². The van der Waals surface area contributed by atoms with E-state index >= 15 is 0 Å². The van der Waals surface area contributed by atoms with E-state index in [2.05, 4.69) is 54.6 Å². The Balaban J connectivity index is 1.36. The van der Waals surface area contributed by atoms with Crippen LogP contribution in [0.1, 0.15) is 62.1 Å². The van der Waals surface area contributed by atoms with Crippen molar-refractivity contribution in [3.8, 4) is 16.9 Å². The van der Waals surface area contributed by atoms with Crippen LogP contribution in [-0.4, -0.2) is 12.6 Å². The highest BCUT2D eigenvalue weighted by molar-refractivity contribution is 6.32. The lowest BCUT2D eigenvalue weighted by Crippen LogP contribution is -2.48. The Morgan fingerprint density at radius 3 is 2.26 bits per heavy atom. The number of esters is 1. The summed E-state index contributed by atoms with van der Waals surface area (Å²) in [6.45, 7) is 2.72. The highest BCUT2D eigenvalue weighted by Crippen LogP contribution is 2.62. The molecule has 0 amide bonds. The third-order valence-electron chi connectivity index (χ3n) is 8.84. The Hall–Kier alpha value is -3.04. The minimum atomic E-state index is -0.363. The quantitative estimate of drug-likeness (QED) is 0.217. The molecule has 4 aliphatic rings. The summed E-state index contributed by atoms with van der Waals surface area (Å²) in [6.07, 6.45) is 11.2. The summed E-state index contributed by atoms with van der Waals surface area (Å²) in [5.41, 5.74) is 5.81. The van der Waals surface area contributed by atoms with E-state index < -0.39 is 0 Å². The van der Waals surface area contributed by atoms with Gasteiger partial charge in [-0.2, -0.15) is 0 Å². The van der Waals surface area contributed by atoms with Crippen LogP contribution in [0.3, 0.4) is 0 Å². The van der Waals surface area contributed by atoms with Gasteiger partial charge in [0.2, 0.25) is 0 Å². The van der Waals surface area contributed by atoms with Crippen LogP contribution in [0.2, 0.25) is 5.02 Å². The van der Waals surface area contributed by atoms with Crippen molar-refractivity contribution in [3.05, 3.63) is 94.5 Å². The number of ether oxygens (including phenoxy) is 2. The predicted octanol–water partition coefficient (Wildman–Crippen LogP) is 8.63. The number of halogens is 1. The van der Waals surface area contributed by atoms with Crippen molar-refractivity contribution in [3.63, 3.8) is 0 Å². The second-order valence-corrected chi connectivity index (χ2v) is 11.9. The van der Waals surface area contributed by atoms with Gasteiger partial charge in [-0.3, -0.25) is 0 Å². The normalized spacial score (nSPS) is 25.6. The van der Waals surface area contributed by atoms with Crippen LogP contribution in [0.5, 0.6) is 5.75 Å². The Morgan fingerprint density at radius 1 is 0.921 bits per heavy atom. The number of hydrogen-bond donors (Lipinski definition) is 0. The van der Waals surface area contributed by atoms with Crippen molar-refractivity contribution in [1.82, 2.24) is 0 Å². The molecule has 38 heavy (non-hydrogen) atoms. The van der Waals surface area contributed by atoms with Gasteiger partial charge in [0, 0.05) is 16.7 Å². The molecule has 3 aromatic carbocycles. The Labute approximate surface area is 230 Å². The van der Waals surface area contributed by atoms with Gasteiger partial charge in [0.15, 0.2) is 0 Å². The molecule has 4 heteroatoms. The first-order chi connectivity index (χ1) is 18.5.